The minimum Gasteiger partial charge on any atom is -0.478 e. The van der Waals surface area contributed by atoms with Crippen LogP contribution in [0.15, 0.2) is 91.1 Å². The number of hydroxylamine groups is 1. The molecule has 1 atom stereocenters. The number of aromatic nitrogens is 1. The molecular weight excluding hydrogens is 559 g/mol. The number of anilines is 1. The van der Waals surface area contributed by atoms with Crippen LogP contribution < -0.4 is 19.3 Å². The van der Waals surface area contributed by atoms with Crippen LogP contribution in [0, 0.1) is 5.82 Å². The third-order valence-corrected chi connectivity index (χ3v) is 6.13. The van der Waals surface area contributed by atoms with Crippen LogP contribution in [-0.2, 0) is 20.0 Å². The summed E-state index contributed by atoms with van der Waals surface area (Å²) in [5.41, 5.74) is -2.95. The predicted octanol–water partition coefficient (Wildman–Crippen LogP) is 6.21. The van der Waals surface area contributed by atoms with Crippen LogP contribution in [-0.4, -0.2) is 29.8 Å². The quantitative estimate of drug-likeness (QED) is 0.186. The van der Waals surface area contributed by atoms with Crippen LogP contribution in [0.1, 0.15) is 18.1 Å². The fourth-order valence-electron chi connectivity index (χ4n) is 4.18. The van der Waals surface area contributed by atoms with E-state index < -0.39 is 34.7 Å². The number of rotatable bonds is 7. The summed E-state index contributed by atoms with van der Waals surface area (Å²) in [6.45, 7) is 1.81. The highest BCUT2D eigenvalue weighted by atomic mass is 35.5. The number of benzene rings is 3. The number of fused-ring (bicyclic) bond motifs is 1. The first-order valence-corrected chi connectivity index (χ1v) is 12.5. The van der Waals surface area contributed by atoms with Crippen molar-refractivity contribution in [2.75, 3.05) is 11.7 Å². The monoisotopic (exact) mass is 578 g/mol. The van der Waals surface area contributed by atoms with Crippen molar-refractivity contribution in [3.63, 3.8) is 0 Å². The zero-order chi connectivity index (χ0) is 29.0. The molecule has 1 aliphatic rings. The van der Waals surface area contributed by atoms with Crippen molar-refractivity contribution in [2.45, 2.75) is 12.5 Å². The van der Waals surface area contributed by atoms with E-state index in [1.165, 1.54) is 42.6 Å². The zero-order valence-electron chi connectivity index (χ0n) is 21.3. The highest BCUT2D eigenvalue weighted by Gasteiger charge is 2.60. The van der Waals surface area contributed by atoms with Gasteiger partial charge in [0, 0.05) is 17.8 Å². The molecular formula is C29H20ClFN2O8. The van der Waals surface area contributed by atoms with Crippen molar-refractivity contribution >= 4 is 35.5 Å². The molecule has 208 valence electrons. The van der Waals surface area contributed by atoms with Gasteiger partial charge in [-0.3, -0.25) is 9.63 Å². The maximum atomic E-state index is 14.8. The Labute approximate surface area is 237 Å². The number of ether oxygens (including phenoxy) is 4. The molecule has 12 heteroatoms. The highest BCUT2D eigenvalue weighted by molar-refractivity contribution is 6.31. The lowest BCUT2D eigenvalue weighted by Gasteiger charge is -2.29. The molecule has 0 radical (unpaired) electrons. The number of halogens is 2. The Balaban J connectivity index is 1.63. The first kappa shape index (κ1) is 27.4. The van der Waals surface area contributed by atoms with Crippen molar-refractivity contribution in [1.29, 1.82) is 0 Å². The molecule has 5 rings (SSSR count). The number of para-hydroxylation sites is 2. The molecule has 0 saturated carbocycles. The summed E-state index contributed by atoms with van der Waals surface area (Å²) in [4.78, 5) is 49.6. The molecule has 0 saturated heterocycles. The number of hydrogen-bond acceptors (Lipinski definition) is 9. The van der Waals surface area contributed by atoms with Crippen LogP contribution in [0.3, 0.4) is 0 Å². The van der Waals surface area contributed by atoms with Gasteiger partial charge in [0.05, 0.1) is 22.9 Å². The second kappa shape index (κ2) is 11.5. The van der Waals surface area contributed by atoms with Gasteiger partial charge in [0.15, 0.2) is 0 Å². The van der Waals surface area contributed by atoms with Gasteiger partial charge in [-0.1, -0.05) is 48.0 Å². The topological polar surface area (TPSA) is 113 Å². The lowest BCUT2D eigenvalue weighted by atomic mass is 9.87. The number of nitrogens with zero attached hydrogens (tertiary/aromatic N) is 2. The van der Waals surface area contributed by atoms with Crippen molar-refractivity contribution in [3.8, 4) is 17.4 Å². The van der Waals surface area contributed by atoms with Crippen LogP contribution in [0.4, 0.5) is 19.7 Å². The van der Waals surface area contributed by atoms with Gasteiger partial charge in [0.1, 0.15) is 17.3 Å². The largest absolute Gasteiger partial charge is 0.539 e. The molecule has 1 amide bonds. The van der Waals surface area contributed by atoms with Gasteiger partial charge < -0.3 is 18.9 Å². The molecule has 0 spiro atoms. The number of carbonyl (C=O) groups excluding carboxylic acids is 3. The van der Waals surface area contributed by atoms with Gasteiger partial charge in [-0.05, 0) is 49.4 Å². The third-order valence-electron chi connectivity index (χ3n) is 5.84. The Morgan fingerprint density at radius 3 is 2.17 bits per heavy atom. The van der Waals surface area contributed by atoms with Crippen LogP contribution >= 0.6 is 11.6 Å². The normalized spacial score (nSPS) is 15.6. The Morgan fingerprint density at radius 2 is 1.54 bits per heavy atom. The van der Waals surface area contributed by atoms with Crippen molar-refractivity contribution in [3.05, 3.63) is 113 Å². The average Bonchev–Trinajstić information content (AvgIpc) is 3.17. The van der Waals surface area contributed by atoms with Gasteiger partial charge in [0.2, 0.25) is 5.88 Å². The molecule has 1 unspecified atom stereocenters. The van der Waals surface area contributed by atoms with Gasteiger partial charge in [0.25, 0.3) is 5.60 Å². The van der Waals surface area contributed by atoms with Crippen LogP contribution in [0.2, 0.25) is 5.02 Å². The molecule has 3 aromatic carbocycles. The number of pyridine rings is 1. The first-order valence-electron chi connectivity index (χ1n) is 12.2. The number of hydrogen-bond donors (Lipinski definition) is 0. The van der Waals surface area contributed by atoms with E-state index in [1.807, 2.05) is 0 Å². The van der Waals surface area contributed by atoms with Gasteiger partial charge in [-0.25, -0.2) is 19.0 Å². The van der Waals surface area contributed by atoms with E-state index in [0.29, 0.717) is 5.06 Å². The predicted molar refractivity (Wildman–Crippen MR) is 142 cm³/mol. The molecule has 1 aliphatic heterocycles. The van der Waals surface area contributed by atoms with E-state index in [0.717, 1.165) is 12.1 Å². The lowest BCUT2D eigenvalue weighted by Crippen LogP contribution is -2.46. The van der Waals surface area contributed by atoms with Gasteiger partial charge in [-0.15, -0.1) is 5.06 Å². The Bertz CT molecular complexity index is 1610. The SMILES string of the molecule is CCOc1ncccc1C1(OC(=O)Oc2ccccc2)C(=O)N(OC(=O)Oc2ccccc2)c2cc(F)c(Cl)cc21. The summed E-state index contributed by atoms with van der Waals surface area (Å²) in [5.74, 6) is -1.94. The van der Waals surface area contributed by atoms with Gasteiger partial charge >= 0.3 is 18.2 Å². The number of amides is 1. The molecule has 0 fully saturated rings. The Morgan fingerprint density at radius 1 is 0.902 bits per heavy atom. The molecule has 41 heavy (non-hydrogen) atoms. The zero-order valence-corrected chi connectivity index (χ0v) is 22.0. The summed E-state index contributed by atoms with van der Waals surface area (Å²) < 4.78 is 36.6. The van der Waals surface area contributed by atoms with Crippen molar-refractivity contribution in [1.82, 2.24) is 4.98 Å². The number of carbonyl (C=O) groups is 3. The standard InChI is InChI=1S/C29H20ClFN2O8/c1-2-37-25-20(14-9-15-32-25)29(40-27(35)38-18-10-5-3-6-11-18)21-16-22(30)23(31)17-24(21)33(26(29)34)41-28(36)39-19-12-7-4-8-13-19/h3-17H,2H2,1H3. The smallest absolute Gasteiger partial charge is 0.478 e. The second-order valence-electron chi connectivity index (χ2n) is 8.38. The van der Waals surface area contributed by atoms with E-state index >= 15 is 0 Å². The molecule has 4 aromatic rings. The first-order chi connectivity index (χ1) is 19.8. The highest BCUT2D eigenvalue weighted by Crippen LogP contribution is 2.51. The summed E-state index contributed by atoms with van der Waals surface area (Å²) in [7, 11) is 0. The van der Waals surface area contributed by atoms with E-state index in [4.69, 9.17) is 35.4 Å². The van der Waals surface area contributed by atoms with Crippen LogP contribution in [0.5, 0.6) is 17.4 Å². The molecule has 0 bridgehead atoms. The fourth-order valence-corrected chi connectivity index (χ4v) is 4.34. The Hall–Kier alpha value is -5.16. The minimum atomic E-state index is -2.44. The van der Waals surface area contributed by atoms with Crippen LogP contribution in [0.25, 0.3) is 0 Å². The maximum absolute atomic E-state index is 14.8. The molecule has 2 heterocycles. The summed E-state index contributed by atoms with van der Waals surface area (Å²) in [6.07, 6.45) is -1.24. The van der Waals surface area contributed by atoms with E-state index in [9.17, 15) is 18.8 Å². The fraction of sp³-hybridized carbons (Fsp3) is 0.103. The average molecular weight is 579 g/mol. The molecule has 10 nitrogen and oxygen atoms in total. The summed E-state index contributed by atoms with van der Waals surface area (Å²) in [5, 5.41) is 0.0509. The minimum absolute atomic E-state index is 0.0664. The molecule has 0 aliphatic carbocycles. The van der Waals surface area contributed by atoms with E-state index in [-0.39, 0.29) is 40.8 Å². The second-order valence-corrected chi connectivity index (χ2v) is 8.78. The Kier molecular flexibility index (Phi) is 7.70. The van der Waals surface area contributed by atoms with Gasteiger partial charge in [-0.2, -0.15) is 0 Å². The summed E-state index contributed by atoms with van der Waals surface area (Å²) >= 11 is 6.13. The lowest BCUT2D eigenvalue weighted by molar-refractivity contribution is -0.139. The molecule has 1 aromatic heterocycles. The van der Waals surface area contributed by atoms with Crippen molar-refractivity contribution in [2.24, 2.45) is 0 Å². The summed E-state index contributed by atoms with van der Waals surface area (Å²) in [6, 6.07) is 20.7. The maximum Gasteiger partial charge on any atom is 0.539 e. The van der Waals surface area contributed by atoms with Crippen molar-refractivity contribution < 1.29 is 42.6 Å². The van der Waals surface area contributed by atoms with E-state index in [1.54, 1.807) is 43.3 Å². The molecule has 0 N–H and O–H groups in total. The van der Waals surface area contributed by atoms with E-state index in [2.05, 4.69) is 4.98 Å². The third kappa shape index (κ3) is 5.35.